The molecule has 0 aromatic heterocycles. The fourth-order valence-corrected chi connectivity index (χ4v) is 0.274. The van der Waals surface area contributed by atoms with Gasteiger partial charge in [-0.3, -0.25) is 0 Å². The molecule has 0 atom stereocenters. The zero-order chi connectivity index (χ0) is 6.24. The second-order valence-corrected chi connectivity index (χ2v) is 1.23. The summed E-state index contributed by atoms with van der Waals surface area (Å²) < 4.78 is 9.38. The van der Waals surface area contributed by atoms with Gasteiger partial charge in [0.1, 0.15) is 12.9 Å². The molecule has 0 aliphatic heterocycles. The number of hydrogen-bond donors (Lipinski definition) is 0. The molecule has 0 aromatic carbocycles. The largest absolute Gasteiger partial charge is 2.00 e. The predicted molar refractivity (Wildman–Crippen MR) is 36.7 cm³/mol. The van der Waals surface area contributed by atoms with E-state index in [1.165, 1.54) is 0 Å². The molecule has 0 saturated heterocycles. The summed E-state index contributed by atoms with van der Waals surface area (Å²) in [6.07, 6.45) is 0.718. The minimum absolute atomic E-state index is 0. The van der Waals surface area contributed by atoms with Crippen molar-refractivity contribution in [2.24, 2.45) is 0 Å². The molecule has 0 aliphatic carbocycles. The Morgan fingerprint density at radius 1 is 1.56 bits per heavy atom. The van der Waals surface area contributed by atoms with E-state index >= 15 is 0 Å². The van der Waals surface area contributed by atoms with Crippen molar-refractivity contribution in [1.29, 1.82) is 0 Å². The van der Waals surface area contributed by atoms with Crippen LogP contribution in [0, 0.1) is 0 Å². The van der Waals surface area contributed by atoms with Crippen molar-refractivity contribution in [3.8, 4) is 0 Å². The van der Waals surface area contributed by atoms with Crippen LogP contribution < -0.4 is 0 Å². The van der Waals surface area contributed by atoms with Gasteiger partial charge in [-0.1, -0.05) is 0 Å². The minimum atomic E-state index is 0. The van der Waals surface area contributed by atoms with Crippen molar-refractivity contribution in [1.82, 2.24) is 0 Å². The van der Waals surface area contributed by atoms with Crippen molar-refractivity contribution in [2.45, 2.75) is 0 Å². The summed E-state index contributed by atoms with van der Waals surface area (Å²) in [5.41, 5.74) is 0. The van der Waals surface area contributed by atoms with Crippen LogP contribution in [0.5, 0.6) is 0 Å². The summed E-state index contributed by atoms with van der Waals surface area (Å²) in [6.45, 7) is 1.21. The molecule has 52 valence electrons. The molecule has 0 aliphatic rings. The fourth-order valence-electron chi connectivity index (χ4n) is 0.274. The van der Waals surface area contributed by atoms with Crippen LogP contribution in [0.3, 0.4) is 0 Å². The topological polar surface area (TPSA) is 35.5 Å². The molecule has 3 nitrogen and oxygen atoms in total. The third-order valence-corrected chi connectivity index (χ3v) is 0.618. The van der Waals surface area contributed by atoms with Gasteiger partial charge in [0.25, 0.3) is 0 Å². The maximum absolute atomic E-state index is 9.60. The third kappa shape index (κ3) is 11.8. The zero-order valence-electron chi connectivity index (χ0n) is 7.63. The molecule has 0 rings (SSSR count). The summed E-state index contributed by atoms with van der Waals surface area (Å²) in [5.74, 6) is 0. The quantitative estimate of drug-likeness (QED) is 0.302. The average molecular weight is 144 g/mol. The number of methoxy groups -OCH3 is 1. The van der Waals surface area contributed by atoms with E-state index in [4.69, 9.17) is 4.74 Å². The molecule has 0 fully saturated rings. The molecule has 4 heteroatoms. The first-order valence-electron chi connectivity index (χ1n) is 2.42. The molecular weight excluding hydrogens is 132 g/mol. The SMILES string of the molecule is COCCOCC=O.[H-].[H-].[Mg+2]. The van der Waals surface area contributed by atoms with E-state index < -0.39 is 0 Å². The number of carbonyl (C=O) groups is 1. The van der Waals surface area contributed by atoms with Gasteiger partial charge in [-0.15, -0.1) is 0 Å². The van der Waals surface area contributed by atoms with E-state index in [0.717, 1.165) is 6.29 Å². The van der Waals surface area contributed by atoms with Crippen molar-refractivity contribution in [3.05, 3.63) is 0 Å². The first-order chi connectivity index (χ1) is 3.91. The Kier molecular flexibility index (Phi) is 15.0. The van der Waals surface area contributed by atoms with Gasteiger partial charge >= 0.3 is 23.1 Å². The van der Waals surface area contributed by atoms with Gasteiger partial charge in [0.2, 0.25) is 0 Å². The molecular formula is C5H12MgO3. The van der Waals surface area contributed by atoms with Gasteiger partial charge in [-0.25, -0.2) is 0 Å². The molecule has 0 aromatic rings. The molecule has 0 unspecified atom stereocenters. The van der Waals surface area contributed by atoms with Crippen LogP contribution in [0.2, 0.25) is 0 Å². The molecule has 0 bridgehead atoms. The second kappa shape index (κ2) is 11.2. The zero-order valence-corrected chi connectivity index (χ0v) is 7.04. The predicted octanol–water partition coefficient (Wildman–Crippen LogP) is -0.307. The van der Waals surface area contributed by atoms with E-state index in [2.05, 4.69) is 4.74 Å². The van der Waals surface area contributed by atoms with Gasteiger partial charge in [-0.2, -0.15) is 0 Å². The molecule has 0 heterocycles. The maximum atomic E-state index is 9.60. The minimum Gasteiger partial charge on any atom is -1.00 e. The number of carbonyl (C=O) groups excluding carboxylic acids is 1. The van der Waals surface area contributed by atoms with E-state index in [1.54, 1.807) is 7.11 Å². The molecule has 0 amide bonds. The number of ether oxygens (including phenoxy) is 2. The molecule has 0 saturated carbocycles. The standard InChI is InChI=1S/C5H10O3.Mg.2H/c1-7-4-5-8-3-2-6;;;/h2H,3-5H2,1H3;;;/q;+2;2*-1. The number of hydrogen-bond acceptors (Lipinski definition) is 3. The van der Waals surface area contributed by atoms with Gasteiger partial charge in [0.05, 0.1) is 13.2 Å². The Hall–Kier alpha value is 0.356. The molecule has 0 N–H and O–H groups in total. The molecule has 0 radical (unpaired) electrons. The first kappa shape index (κ1) is 12.1. The van der Waals surface area contributed by atoms with Crippen LogP contribution in [0.4, 0.5) is 0 Å². The van der Waals surface area contributed by atoms with E-state index in [1.807, 2.05) is 0 Å². The summed E-state index contributed by atoms with van der Waals surface area (Å²) in [5, 5.41) is 0. The number of rotatable bonds is 5. The van der Waals surface area contributed by atoms with Crippen molar-refractivity contribution in [2.75, 3.05) is 26.9 Å². The summed E-state index contributed by atoms with van der Waals surface area (Å²) in [4.78, 5) is 9.60. The van der Waals surface area contributed by atoms with Crippen molar-refractivity contribution in [3.63, 3.8) is 0 Å². The van der Waals surface area contributed by atoms with E-state index in [0.29, 0.717) is 13.2 Å². The Balaban J connectivity index is -0.0000000817. The van der Waals surface area contributed by atoms with Crippen LogP contribution in [-0.2, 0) is 14.3 Å². The average Bonchev–Trinajstić information content (AvgIpc) is 1.81. The molecule has 9 heavy (non-hydrogen) atoms. The van der Waals surface area contributed by atoms with Crippen molar-refractivity contribution >= 4 is 29.3 Å². The first-order valence-corrected chi connectivity index (χ1v) is 2.42. The van der Waals surface area contributed by atoms with Gasteiger partial charge in [-0.05, 0) is 0 Å². The Morgan fingerprint density at radius 2 is 2.22 bits per heavy atom. The summed E-state index contributed by atoms with van der Waals surface area (Å²) >= 11 is 0. The fraction of sp³-hybridized carbons (Fsp3) is 0.800. The normalized spacial score (nSPS) is 8.11. The van der Waals surface area contributed by atoms with Crippen LogP contribution in [0.1, 0.15) is 2.85 Å². The Labute approximate surface area is 73.8 Å². The van der Waals surface area contributed by atoms with Crippen LogP contribution in [0.15, 0.2) is 0 Å². The number of aldehydes is 1. The van der Waals surface area contributed by atoms with Crippen LogP contribution in [-0.4, -0.2) is 56.3 Å². The summed E-state index contributed by atoms with van der Waals surface area (Å²) in [6, 6.07) is 0. The third-order valence-electron chi connectivity index (χ3n) is 0.618. The van der Waals surface area contributed by atoms with Crippen LogP contribution in [0.25, 0.3) is 0 Å². The van der Waals surface area contributed by atoms with Gasteiger partial charge in [0.15, 0.2) is 0 Å². The van der Waals surface area contributed by atoms with Crippen LogP contribution >= 0.6 is 0 Å². The smallest absolute Gasteiger partial charge is 1.00 e. The van der Waals surface area contributed by atoms with E-state index in [9.17, 15) is 4.79 Å². The molecule has 0 spiro atoms. The summed E-state index contributed by atoms with van der Waals surface area (Å²) in [7, 11) is 1.59. The Bertz CT molecular complexity index is 65.7. The monoisotopic (exact) mass is 144 g/mol. The van der Waals surface area contributed by atoms with Gasteiger partial charge < -0.3 is 17.1 Å². The van der Waals surface area contributed by atoms with E-state index in [-0.39, 0.29) is 32.5 Å². The van der Waals surface area contributed by atoms with Gasteiger partial charge in [0, 0.05) is 7.11 Å². The second-order valence-electron chi connectivity index (χ2n) is 1.23. The maximum Gasteiger partial charge on any atom is 2.00 e. The van der Waals surface area contributed by atoms with Crippen molar-refractivity contribution < 1.29 is 17.1 Å². The Morgan fingerprint density at radius 3 is 2.67 bits per heavy atom.